The van der Waals surface area contributed by atoms with Gasteiger partial charge in [0.1, 0.15) is 0 Å². The van der Waals surface area contributed by atoms with E-state index in [2.05, 4.69) is 16.9 Å². The molecule has 2 unspecified atom stereocenters. The largest absolute Gasteiger partial charge is 0.478 e. The molecule has 22 heavy (non-hydrogen) atoms. The molecule has 3 heterocycles. The van der Waals surface area contributed by atoms with Gasteiger partial charge in [-0.15, -0.1) is 0 Å². The average Bonchev–Trinajstić information content (AvgIpc) is 3.15. The third kappa shape index (κ3) is 1.75. The lowest BCUT2D eigenvalue weighted by molar-refractivity contribution is -0.00627. The van der Waals surface area contributed by atoms with E-state index >= 15 is 0 Å². The molecule has 0 amide bonds. The van der Waals surface area contributed by atoms with Crippen molar-refractivity contribution in [2.45, 2.75) is 37.2 Å². The minimum atomic E-state index is -1.09. The Labute approximate surface area is 126 Å². The van der Waals surface area contributed by atoms with Gasteiger partial charge >= 0.3 is 5.97 Å². The maximum Gasteiger partial charge on any atom is 0.356 e. The molecule has 1 saturated heterocycles. The Morgan fingerprint density at radius 2 is 2.23 bits per heavy atom. The van der Waals surface area contributed by atoms with E-state index in [4.69, 9.17) is 14.6 Å². The van der Waals surface area contributed by atoms with E-state index in [0.717, 1.165) is 25.0 Å². The Morgan fingerprint density at radius 3 is 2.77 bits per heavy atom. The zero-order valence-corrected chi connectivity index (χ0v) is 12.5. The van der Waals surface area contributed by atoms with Crippen LogP contribution in [0, 0.1) is 0 Å². The number of aromatic nitrogens is 3. The van der Waals surface area contributed by atoms with Crippen LogP contribution >= 0.6 is 0 Å². The number of hydrogen-bond acceptors (Lipinski definition) is 5. The molecule has 2 aliphatic rings. The van der Waals surface area contributed by atoms with Crippen LogP contribution < -0.4 is 4.74 Å². The second-order valence-electron chi connectivity index (χ2n) is 6.49. The Morgan fingerprint density at radius 1 is 1.41 bits per heavy atom. The number of ether oxygens (including phenoxy) is 2. The van der Waals surface area contributed by atoms with Crippen molar-refractivity contribution in [3.63, 3.8) is 0 Å². The highest BCUT2D eigenvalue weighted by Gasteiger charge is 2.55. The van der Waals surface area contributed by atoms with Crippen molar-refractivity contribution in [2.24, 2.45) is 0 Å². The molecular weight excluding hydrogens is 286 g/mol. The van der Waals surface area contributed by atoms with Crippen molar-refractivity contribution < 1.29 is 19.4 Å². The lowest BCUT2D eigenvalue weighted by Gasteiger charge is -2.24. The third-order valence-electron chi connectivity index (χ3n) is 4.90. The van der Waals surface area contributed by atoms with E-state index in [-0.39, 0.29) is 22.6 Å². The molecule has 0 spiro atoms. The molecule has 2 fully saturated rings. The standard InChI is InChI=1S/C15H17N3O4/c1-14-3-4-15(7-14,8-22-14)10-6-18-5-9(13(19)20)16-12(21-2)11(18)17-10/h5-6H,3-4,7-8H2,1-2H3,(H,19,20). The maximum absolute atomic E-state index is 11.2. The van der Waals surface area contributed by atoms with Crippen molar-refractivity contribution >= 4 is 11.6 Å². The zero-order chi connectivity index (χ0) is 15.5. The van der Waals surface area contributed by atoms with E-state index in [1.54, 1.807) is 4.40 Å². The maximum atomic E-state index is 11.2. The first kappa shape index (κ1) is 13.5. The summed E-state index contributed by atoms with van der Waals surface area (Å²) in [6.45, 7) is 2.80. The first-order chi connectivity index (χ1) is 10.4. The van der Waals surface area contributed by atoms with E-state index in [1.807, 2.05) is 6.20 Å². The van der Waals surface area contributed by atoms with Crippen molar-refractivity contribution in [3.05, 3.63) is 23.8 Å². The van der Waals surface area contributed by atoms with Gasteiger partial charge in [0.2, 0.25) is 5.65 Å². The molecule has 2 aromatic heterocycles. The van der Waals surface area contributed by atoms with Crippen LogP contribution in [0.1, 0.15) is 42.4 Å². The number of carboxylic acids is 1. The highest BCUT2D eigenvalue weighted by atomic mass is 16.5. The molecular formula is C15H17N3O4. The van der Waals surface area contributed by atoms with Gasteiger partial charge < -0.3 is 14.6 Å². The third-order valence-corrected chi connectivity index (χ3v) is 4.90. The molecule has 2 bridgehead atoms. The Bertz CT molecular complexity index is 774. The first-order valence-electron chi connectivity index (χ1n) is 7.26. The molecule has 116 valence electrons. The van der Waals surface area contributed by atoms with Gasteiger partial charge in [-0.1, -0.05) is 0 Å². The number of imidazole rings is 1. The number of methoxy groups -OCH3 is 1. The Hall–Kier alpha value is -2.15. The van der Waals surface area contributed by atoms with Gasteiger partial charge in [-0.3, -0.25) is 4.40 Å². The fourth-order valence-corrected chi connectivity index (χ4v) is 3.71. The molecule has 7 nitrogen and oxygen atoms in total. The number of fused-ring (bicyclic) bond motifs is 3. The van der Waals surface area contributed by atoms with Crippen molar-refractivity contribution in [1.82, 2.24) is 14.4 Å². The van der Waals surface area contributed by atoms with E-state index in [9.17, 15) is 4.79 Å². The minimum absolute atomic E-state index is 0.0512. The summed E-state index contributed by atoms with van der Waals surface area (Å²) in [7, 11) is 1.46. The van der Waals surface area contributed by atoms with Gasteiger partial charge in [0.25, 0.3) is 5.88 Å². The van der Waals surface area contributed by atoms with Crippen molar-refractivity contribution in [2.75, 3.05) is 13.7 Å². The monoisotopic (exact) mass is 303 g/mol. The summed E-state index contributed by atoms with van der Waals surface area (Å²) in [4.78, 5) is 19.8. The molecule has 4 rings (SSSR count). The SMILES string of the molecule is COc1nc(C(=O)O)cn2cc(C34CCC(C)(C3)OC4)nc12. The molecule has 1 N–H and O–H groups in total. The fraction of sp³-hybridized carbons (Fsp3) is 0.533. The number of nitrogens with zero attached hydrogens (tertiary/aromatic N) is 3. The van der Waals surface area contributed by atoms with Gasteiger partial charge in [-0.05, 0) is 26.2 Å². The summed E-state index contributed by atoms with van der Waals surface area (Å²) < 4.78 is 12.8. The van der Waals surface area contributed by atoms with Crippen LogP contribution in [0.4, 0.5) is 0 Å². The van der Waals surface area contributed by atoms with E-state index in [0.29, 0.717) is 12.3 Å². The summed E-state index contributed by atoms with van der Waals surface area (Å²) >= 11 is 0. The highest BCUT2D eigenvalue weighted by Crippen LogP contribution is 2.53. The van der Waals surface area contributed by atoms with Crippen LogP contribution in [0.3, 0.4) is 0 Å². The zero-order valence-electron chi connectivity index (χ0n) is 12.5. The van der Waals surface area contributed by atoms with Gasteiger partial charge in [0.15, 0.2) is 5.69 Å². The van der Waals surface area contributed by atoms with Crippen LogP contribution in [0.2, 0.25) is 0 Å². The average molecular weight is 303 g/mol. The predicted molar refractivity (Wildman–Crippen MR) is 76.4 cm³/mol. The summed E-state index contributed by atoms with van der Waals surface area (Å²) in [5, 5.41) is 9.15. The van der Waals surface area contributed by atoms with Crippen LogP contribution in [-0.4, -0.2) is 44.8 Å². The highest BCUT2D eigenvalue weighted by molar-refractivity contribution is 5.85. The van der Waals surface area contributed by atoms with Crippen molar-refractivity contribution in [1.29, 1.82) is 0 Å². The van der Waals surface area contributed by atoms with Crippen LogP contribution in [0.5, 0.6) is 5.88 Å². The summed E-state index contributed by atoms with van der Waals surface area (Å²) in [6.07, 6.45) is 6.36. The summed E-state index contributed by atoms with van der Waals surface area (Å²) in [5.74, 6) is -0.867. The van der Waals surface area contributed by atoms with Gasteiger partial charge in [0.05, 0.1) is 25.0 Å². The molecule has 2 aromatic rings. The van der Waals surface area contributed by atoms with Crippen LogP contribution in [0.15, 0.2) is 12.4 Å². The molecule has 7 heteroatoms. The van der Waals surface area contributed by atoms with Crippen LogP contribution in [0.25, 0.3) is 5.65 Å². The number of rotatable bonds is 3. The molecule has 0 radical (unpaired) electrons. The molecule has 1 aliphatic carbocycles. The number of carbonyl (C=O) groups is 1. The second-order valence-corrected chi connectivity index (χ2v) is 6.49. The fourth-order valence-electron chi connectivity index (χ4n) is 3.71. The summed E-state index contributed by atoms with van der Waals surface area (Å²) in [5.41, 5.74) is 1.28. The van der Waals surface area contributed by atoms with Gasteiger partial charge in [0, 0.05) is 17.8 Å². The first-order valence-corrected chi connectivity index (χ1v) is 7.26. The quantitative estimate of drug-likeness (QED) is 0.928. The summed E-state index contributed by atoms with van der Waals surface area (Å²) in [6, 6.07) is 0. The number of carboxylic acid groups (broad SMARTS) is 1. The topological polar surface area (TPSA) is 86.0 Å². The number of aromatic carboxylic acids is 1. The van der Waals surface area contributed by atoms with E-state index in [1.165, 1.54) is 13.3 Å². The Kier molecular flexibility index (Phi) is 2.57. The lowest BCUT2D eigenvalue weighted by atomic mass is 9.84. The van der Waals surface area contributed by atoms with Gasteiger partial charge in [-0.25, -0.2) is 14.8 Å². The number of hydrogen-bond donors (Lipinski definition) is 1. The van der Waals surface area contributed by atoms with Gasteiger partial charge in [-0.2, -0.15) is 0 Å². The molecule has 0 aromatic carbocycles. The normalized spacial score (nSPS) is 30.1. The lowest BCUT2D eigenvalue weighted by Crippen LogP contribution is -2.26. The molecule has 2 atom stereocenters. The predicted octanol–water partition coefficient (Wildman–Crippen LogP) is 1.65. The smallest absolute Gasteiger partial charge is 0.356 e. The molecule has 1 saturated carbocycles. The van der Waals surface area contributed by atoms with E-state index < -0.39 is 5.97 Å². The Balaban J connectivity index is 1.86. The second kappa shape index (κ2) is 4.19. The molecule has 1 aliphatic heterocycles. The minimum Gasteiger partial charge on any atom is -0.478 e. The van der Waals surface area contributed by atoms with Crippen LogP contribution in [-0.2, 0) is 10.2 Å². The van der Waals surface area contributed by atoms with Crippen molar-refractivity contribution in [3.8, 4) is 5.88 Å².